The van der Waals surface area contributed by atoms with Gasteiger partial charge in [-0.05, 0) is 18.6 Å². The first-order valence-electron chi connectivity index (χ1n) is 5.19. The van der Waals surface area contributed by atoms with Gasteiger partial charge in [-0.25, -0.2) is 4.18 Å². The summed E-state index contributed by atoms with van der Waals surface area (Å²) >= 11 is 0. The van der Waals surface area contributed by atoms with Crippen LogP contribution in [-0.2, 0) is 19.0 Å². The molecule has 0 N–H and O–H groups in total. The second-order valence-corrected chi connectivity index (χ2v) is 5.44. The third-order valence-electron chi connectivity index (χ3n) is 2.57. The van der Waals surface area contributed by atoms with Crippen LogP contribution in [0.4, 0.5) is 0 Å². The molecule has 0 aliphatic carbocycles. The van der Waals surface area contributed by atoms with Crippen LogP contribution in [0.2, 0.25) is 0 Å². The van der Waals surface area contributed by atoms with E-state index in [1.165, 1.54) is 12.1 Å². The minimum atomic E-state index is -3.70. The molecule has 1 saturated heterocycles. The Balaban J connectivity index is 2.15. The normalized spacial score (nSPS) is 25.8. The van der Waals surface area contributed by atoms with E-state index >= 15 is 0 Å². The van der Waals surface area contributed by atoms with Gasteiger partial charge >= 0.3 is 0 Å². The standard InChI is InChI=1S/C11H14O4S/c1-9-7-8-14-11(9)15-16(12,13)10-5-3-2-4-6-10/h2-6,9,11H,7-8H2,1H3. The number of rotatable bonds is 3. The number of benzene rings is 1. The van der Waals surface area contributed by atoms with E-state index in [0.717, 1.165) is 6.42 Å². The summed E-state index contributed by atoms with van der Waals surface area (Å²) in [6.45, 7) is 2.47. The molecule has 88 valence electrons. The van der Waals surface area contributed by atoms with Gasteiger partial charge in [0.1, 0.15) is 0 Å². The maximum absolute atomic E-state index is 11.8. The lowest BCUT2D eigenvalue weighted by Gasteiger charge is -2.14. The van der Waals surface area contributed by atoms with Crippen molar-refractivity contribution in [3.8, 4) is 0 Å². The Morgan fingerprint density at radius 2 is 2.00 bits per heavy atom. The van der Waals surface area contributed by atoms with E-state index in [1.807, 2.05) is 6.92 Å². The molecule has 1 aliphatic heterocycles. The fraction of sp³-hybridized carbons (Fsp3) is 0.455. The zero-order valence-electron chi connectivity index (χ0n) is 9.00. The van der Waals surface area contributed by atoms with Gasteiger partial charge in [0.25, 0.3) is 10.1 Å². The summed E-state index contributed by atoms with van der Waals surface area (Å²) in [4.78, 5) is 0.165. The molecule has 1 aliphatic rings. The highest BCUT2D eigenvalue weighted by atomic mass is 32.2. The fourth-order valence-corrected chi connectivity index (χ4v) is 2.66. The van der Waals surface area contributed by atoms with Crippen LogP contribution in [0.3, 0.4) is 0 Å². The van der Waals surface area contributed by atoms with Crippen molar-refractivity contribution in [3.63, 3.8) is 0 Å². The molecule has 0 bridgehead atoms. The summed E-state index contributed by atoms with van der Waals surface area (Å²) in [7, 11) is -3.70. The average molecular weight is 242 g/mol. The Morgan fingerprint density at radius 1 is 1.31 bits per heavy atom. The molecule has 0 saturated carbocycles. The van der Waals surface area contributed by atoms with E-state index in [1.54, 1.807) is 18.2 Å². The second-order valence-electron chi connectivity index (χ2n) is 3.87. The third kappa shape index (κ3) is 2.42. The number of hydrogen-bond donors (Lipinski definition) is 0. The van der Waals surface area contributed by atoms with Crippen LogP contribution in [0.15, 0.2) is 35.2 Å². The van der Waals surface area contributed by atoms with Gasteiger partial charge in [-0.1, -0.05) is 25.1 Å². The predicted octanol–water partition coefficient (Wildman–Crippen LogP) is 1.77. The summed E-state index contributed by atoms with van der Waals surface area (Å²) in [6, 6.07) is 8.10. The van der Waals surface area contributed by atoms with Crippen LogP contribution in [0.1, 0.15) is 13.3 Å². The van der Waals surface area contributed by atoms with Gasteiger partial charge in [0.2, 0.25) is 0 Å². The van der Waals surface area contributed by atoms with Crippen LogP contribution in [0.25, 0.3) is 0 Å². The van der Waals surface area contributed by atoms with Crippen molar-refractivity contribution in [1.82, 2.24) is 0 Å². The molecule has 1 aromatic rings. The average Bonchev–Trinajstić information content (AvgIpc) is 2.65. The monoisotopic (exact) mass is 242 g/mol. The van der Waals surface area contributed by atoms with Crippen molar-refractivity contribution in [3.05, 3.63) is 30.3 Å². The third-order valence-corrected chi connectivity index (χ3v) is 3.87. The van der Waals surface area contributed by atoms with E-state index in [2.05, 4.69) is 0 Å². The zero-order valence-corrected chi connectivity index (χ0v) is 9.81. The Hall–Kier alpha value is -0.910. The van der Waals surface area contributed by atoms with E-state index in [-0.39, 0.29) is 10.8 Å². The van der Waals surface area contributed by atoms with E-state index in [4.69, 9.17) is 8.92 Å². The molecule has 0 amide bonds. The molecule has 2 rings (SSSR count). The number of hydrogen-bond acceptors (Lipinski definition) is 4. The lowest BCUT2D eigenvalue weighted by atomic mass is 10.1. The molecule has 1 heterocycles. The molecule has 4 nitrogen and oxygen atoms in total. The summed E-state index contributed by atoms with van der Waals surface area (Å²) in [5.74, 6) is 0.110. The van der Waals surface area contributed by atoms with Gasteiger partial charge in [0.15, 0.2) is 6.29 Å². The van der Waals surface area contributed by atoms with Crippen molar-refractivity contribution >= 4 is 10.1 Å². The lowest BCUT2D eigenvalue weighted by molar-refractivity contribution is -0.0541. The van der Waals surface area contributed by atoms with Gasteiger partial charge in [0.05, 0.1) is 11.5 Å². The number of ether oxygens (including phenoxy) is 1. The first-order valence-corrected chi connectivity index (χ1v) is 6.60. The largest absolute Gasteiger partial charge is 0.351 e. The van der Waals surface area contributed by atoms with Gasteiger partial charge in [-0.2, -0.15) is 8.42 Å². The molecule has 2 atom stereocenters. The Bertz CT molecular complexity index is 440. The smallest absolute Gasteiger partial charge is 0.299 e. The van der Waals surface area contributed by atoms with Gasteiger partial charge in [-0.15, -0.1) is 0 Å². The summed E-state index contributed by atoms with van der Waals surface area (Å²) in [5, 5.41) is 0. The lowest BCUT2D eigenvalue weighted by Crippen LogP contribution is -2.22. The van der Waals surface area contributed by atoms with Crippen LogP contribution in [0, 0.1) is 5.92 Å². The predicted molar refractivity (Wildman–Crippen MR) is 58.2 cm³/mol. The molecular formula is C11H14O4S. The Kier molecular flexibility index (Phi) is 3.28. The quantitative estimate of drug-likeness (QED) is 0.758. The SMILES string of the molecule is CC1CCOC1OS(=O)(=O)c1ccccc1. The highest BCUT2D eigenvalue weighted by Crippen LogP contribution is 2.25. The molecule has 0 aromatic heterocycles. The van der Waals surface area contributed by atoms with Gasteiger partial charge < -0.3 is 4.74 Å². The molecule has 0 radical (unpaired) electrons. The van der Waals surface area contributed by atoms with Crippen LogP contribution < -0.4 is 0 Å². The van der Waals surface area contributed by atoms with Crippen LogP contribution in [-0.4, -0.2) is 21.3 Å². The van der Waals surface area contributed by atoms with Crippen molar-refractivity contribution in [2.45, 2.75) is 24.5 Å². The minimum absolute atomic E-state index is 0.110. The van der Waals surface area contributed by atoms with E-state index < -0.39 is 16.4 Å². The first-order chi connectivity index (χ1) is 7.59. The van der Waals surface area contributed by atoms with Crippen molar-refractivity contribution in [1.29, 1.82) is 0 Å². The van der Waals surface area contributed by atoms with Crippen molar-refractivity contribution < 1.29 is 17.3 Å². The Labute approximate surface area is 95.3 Å². The van der Waals surface area contributed by atoms with Gasteiger partial charge in [0, 0.05) is 5.92 Å². The fourth-order valence-electron chi connectivity index (χ4n) is 1.56. The molecular weight excluding hydrogens is 228 g/mol. The zero-order chi connectivity index (χ0) is 11.6. The molecule has 5 heteroatoms. The topological polar surface area (TPSA) is 52.6 Å². The molecule has 0 spiro atoms. The summed E-state index contributed by atoms with van der Waals surface area (Å²) in [6.07, 6.45) is 0.180. The minimum Gasteiger partial charge on any atom is -0.351 e. The molecule has 2 unspecified atom stereocenters. The molecule has 1 aromatic carbocycles. The van der Waals surface area contributed by atoms with Crippen molar-refractivity contribution in [2.75, 3.05) is 6.61 Å². The highest BCUT2D eigenvalue weighted by Gasteiger charge is 2.30. The second kappa shape index (κ2) is 4.53. The van der Waals surface area contributed by atoms with Crippen molar-refractivity contribution in [2.24, 2.45) is 5.92 Å². The highest BCUT2D eigenvalue weighted by molar-refractivity contribution is 7.86. The Morgan fingerprint density at radius 3 is 2.56 bits per heavy atom. The van der Waals surface area contributed by atoms with Crippen LogP contribution in [0.5, 0.6) is 0 Å². The van der Waals surface area contributed by atoms with Gasteiger partial charge in [-0.3, -0.25) is 0 Å². The van der Waals surface area contributed by atoms with Crippen LogP contribution >= 0.6 is 0 Å². The maximum Gasteiger partial charge on any atom is 0.299 e. The van der Waals surface area contributed by atoms with E-state index in [9.17, 15) is 8.42 Å². The van der Waals surface area contributed by atoms with E-state index in [0.29, 0.717) is 6.61 Å². The molecule has 1 fully saturated rings. The summed E-state index contributed by atoms with van der Waals surface area (Å²) in [5.41, 5.74) is 0. The first kappa shape index (κ1) is 11.6. The summed E-state index contributed by atoms with van der Waals surface area (Å²) < 4.78 is 33.9. The maximum atomic E-state index is 11.8. The molecule has 16 heavy (non-hydrogen) atoms.